The van der Waals surface area contributed by atoms with Crippen molar-refractivity contribution in [2.45, 2.75) is 64.0 Å². The van der Waals surface area contributed by atoms with Gasteiger partial charge in [-0.2, -0.15) is 0 Å². The van der Waals surface area contributed by atoms with Gasteiger partial charge in [0.15, 0.2) is 12.1 Å². The van der Waals surface area contributed by atoms with Crippen molar-refractivity contribution in [3.8, 4) is 0 Å². The number of rotatable bonds is 5. The molecule has 110 valence electrons. The van der Waals surface area contributed by atoms with Crippen LogP contribution < -0.4 is 0 Å². The molecule has 2 aliphatic heterocycles. The van der Waals surface area contributed by atoms with Crippen LogP contribution in [0.2, 0.25) is 0 Å². The van der Waals surface area contributed by atoms with Crippen LogP contribution in [0, 0.1) is 0 Å². The van der Waals surface area contributed by atoms with Gasteiger partial charge in [-0.05, 0) is 27.2 Å². The Hall–Kier alpha value is -0.690. The lowest BCUT2D eigenvalue weighted by atomic mass is 10.1. The highest BCUT2D eigenvalue weighted by atomic mass is 16.8. The van der Waals surface area contributed by atoms with E-state index in [1.54, 1.807) is 14.0 Å². The smallest absolute Gasteiger partial charge is 0.305 e. The Bertz CT molecular complexity index is 329. The average molecular weight is 274 g/mol. The molecule has 19 heavy (non-hydrogen) atoms. The molecule has 0 unspecified atom stereocenters. The number of carbonyl (C=O) groups excluding carboxylic acids is 1. The summed E-state index contributed by atoms with van der Waals surface area (Å²) in [6.45, 7) is 5.90. The number of methoxy groups -OCH3 is 1. The minimum Gasteiger partial charge on any atom is -0.466 e. The number of carbonyl (C=O) groups is 1. The fourth-order valence-corrected chi connectivity index (χ4v) is 2.56. The minimum absolute atomic E-state index is 0.200. The van der Waals surface area contributed by atoms with Gasteiger partial charge in [-0.25, -0.2) is 0 Å². The first-order valence-electron chi connectivity index (χ1n) is 6.66. The highest BCUT2D eigenvalue weighted by Gasteiger charge is 2.55. The number of hydrogen-bond acceptors (Lipinski definition) is 6. The van der Waals surface area contributed by atoms with Crippen molar-refractivity contribution in [3.05, 3.63) is 0 Å². The molecule has 0 amide bonds. The zero-order chi connectivity index (χ0) is 14.0. The second-order valence-corrected chi connectivity index (χ2v) is 5.19. The van der Waals surface area contributed by atoms with E-state index in [-0.39, 0.29) is 24.3 Å². The molecule has 0 aromatic rings. The molecule has 2 heterocycles. The standard InChI is InChI=1S/C13H22O6/c1-5-16-9(14)7-6-8-10-11(12(15-4)17-8)19-13(2,3)18-10/h8,10-12H,5-7H2,1-4H3/t8-,10-,11-,12-/m1/s1. The molecular formula is C13H22O6. The summed E-state index contributed by atoms with van der Waals surface area (Å²) in [5.74, 6) is -0.861. The minimum atomic E-state index is -0.641. The summed E-state index contributed by atoms with van der Waals surface area (Å²) >= 11 is 0. The van der Waals surface area contributed by atoms with E-state index in [0.717, 1.165) is 0 Å². The summed E-state index contributed by atoms with van der Waals surface area (Å²) in [4.78, 5) is 11.4. The summed E-state index contributed by atoms with van der Waals surface area (Å²) in [5.41, 5.74) is 0. The molecule has 0 spiro atoms. The molecule has 0 radical (unpaired) electrons. The molecule has 0 N–H and O–H groups in total. The highest BCUT2D eigenvalue weighted by molar-refractivity contribution is 5.69. The lowest BCUT2D eigenvalue weighted by molar-refractivity contribution is -0.227. The van der Waals surface area contributed by atoms with E-state index in [0.29, 0.717) is 19.4 Å². The Morgan fingerprint density at radius 2 is 1.95 bits per heavy atom. The topological polar surface area (TPSA) is 63.2 Å². The van der Waals surface area contributed by atoms with Gasteiger partial charge in [0.05, 0.1) is 12.7 Å². The van der Waals surface area contributed by atoms with Crippen molar-refractivity contribution in [2.75, 3.05) is 13.7 Å². The van der Waals surface area contributed by atoms with Crippen molar-refractivity contribution in [1.29, 1.82) is 0 Å². The van der Waals surface area contributed by atoms with E-state index >= 15 is 0 Å². The lowest BCUT2D eigenvalue weighted by Crippen LogP contribution is -2.30. The van der Waals surface area contributed by atoms with Gasteiger partial charge in [-0.15, -0.1) is 0 Å². The van der Waals surface area contributed by atoms with Crippen LogP contribution in [-0.2, 0) is 28.5 Å². The van der Waals surface area contributed by atoms with E-state index in [9.17, 15) is 4.79 Å². The second-order valence-electron chi connectivity index (χ2n) is 5.19. The Morgan fingerprint density at radius 3 is 2.58 bits per heavy atom. The lowest BCUT2D eigenvalue weighted by Gasteiger charge is -2.23. The zero-order valence-electron chi connectivity index (χ0n) is 11.9. The number of ether oxygens (including phenoxy) is 5. The molecule has 6 heteroatoms. The van der Waals surface area contributed by atoms with Crippen molar-refractivity contribution in [3.63, 3.8) is 0 Å². The molecule has 2 rings (SSSR count). The second kappa shape index (κ2) is 5.75. The van der Waals surface area contributed by atoms with Crippen molar-refractivity contribution < 1.29 is 28.5 Å². The summed E-state index contributed by atoms with van der Waals surface area (Å²) < 4.78 is 27.5. The Morgan fingerprint density at radius 1 is 1.26 bits per heavy atom. The maximum atomic E-state index is 11.4. The molecule has 2 fully saturated rings. The molecule has 2 aliphatic rings. The number of hydrogen-bond donors (Lipinski definition) is 0. The first-order valence-corrected chi connectivity index (χ1v) is 6.66. The quantitative estimate of drug-likeness (QED) is 0.702. The van der Waals surface area contributed by atoms with Crippen LogP contribution in [-0.4, -0.2) is 50.1 Å². The van der Waals surface area contributed by atoms with E-state index in [1.807, 2.05) is 13.8 Å². The predicted molar refractivity (Wildman–Crippen MR) is 65.4 cm³/mol. The third kappa shape index (κ3) is 3.25. The Balaban J connectivity index is 1.93. The summed E-state index contributed by atoms with van der Waals surface area (Å²) in [5, 5.41) is 0. The van der Waals surface area contributed by atoms with Crippen LogP contribution >= 0.6 is 0 Å². The fraction of sp³-hybridized carbons (Fsp3) is 0.923. The third-order valence-electron chi connectivity index (χ3n) is 3.28. The van der Waals surface area contributed by atoms with Crippen molar-refractivity contribution >= 4 is 5.97 Å². The molecule has 0 aromatic carbocycles. The van der Waals surface area contributed by atoms with E-state index in [2.05, 4.69) is 0 Å². The van der Waals surface area contributed by atoms with Gasteiger partial charge in [0.1, 0.15) is 12.2 Å². The molecule has 4 atom stereocenters. The fourth-order valence-electron chi connectivity index (χ4n) is 2.56. The van der Waals surface area contributed by atoms with Gasteiger partial charge in [-0.3, -0.25) is 4.79 Å². The maximum Gasteiger partial charge on any atom is 0.305 e. The van der Waals surface area contributed by atoms with Crippen LogP contribution in [0.3, 0.4) is 0 Å². The van der Waals surface area contributed by atoms with Gasteiger partial charge in [-0.1, -0.05) is 0 Å². The summed E-state index contributed by atoms with van der Waals surface area (Å²) in [6.07, 6.45) is -0.247. The molecule has 0 saturated carbocycles. The predicted octanol–water partition coefficient (Wildman–Crippen LogP) is 1.22. The van der Waals surface area contributed by atoms with Gasteiger partial charge in [0, 0.05) is 13.5 Å². The maximum absolute atomic E-state index is 11.4. The molecule has 2 saturated heterocycles. The summed E-state index contributed by atoms with van der Waals surface area (Å²) in [7, 11) is 1.57. The number of esters is 1. The van der Waals surface area contributed by atoms with Crippen molar-refractivity contribution in [2.24, 2.45) is 0 Å². The molecule has 0 bridgehead atoms. The molecule has 6 nitrogen and oxygen atoms in total. The molecule has 0 aromatic heterocycles. The van der Waals surface area contributed by atoms with Crippen LogP contribution in [0.5, 0.6) is 0 Å². The monoisotopic (exact) mass is 274 g/mol. The highest BCUT2D eigenvalue weighted by Crippen LogP contribution is 2.40. The first-order chi connectivity index (χ1) is 8.96. The Kier molecular flexibility index (Phi) is 4.45. The van der Waals surface area contributed by atoms with Crippen molar-refractivity contribution in [1.82, 2.24) is 0 Å². The van der Waals surface area contributed by atoms with Crippen LogP contribution in [0.4, 0.5) is 0 Å². The molecular weight excluding hydrogens is 252 g/mol. The van der Waals surface area contributed by atoms with Crippen LogP contribution in [0.25, 0.3) is 0 Å². The average Bonchev–Trinajstić information content (AvgIpc) is 2.80. The third-order valence-corrected chi connectivity index (χ3v) is 3.28. The van der Waals surface area contributed by atoms with E-state index in [4.69, 9.17) is 23.7 Å². The van der Waals surface area contributed by atoms with E-state index in [1.165, 1.54) is 0 Å². The zero-order valence-corrected chi connectivity index (χ0v) is 11.9. The normalized spacial score (nSPS) is 36.2. The van der Waals surface area contributed by atoms with E-state index < -0.39 is 12.1 Å². The SMILES string of the molecule is CCOC(=O)CC[C@H]1O[C@@H](OC)[C@@H]2OC(C)(C)O[C@@H]21. The first kappa shape index (κ1) is 14.7. The van der Waals surface area contributed by atoms with Crippen LogP contribution in [0.1, 0.15) is 33.6 Å². The number of fused-ring (bicyclic) bond motifs is 1. The van der Waals surface area contributed by atoms with Gasteiger partial charge in [0.2, 0.25) is 0 Å². The van der Waals surface area contributed by atoms with Crippen LogP contribution in [0.15, 0.2) is 0 Å². The summed E-state index contributed by atoms with van der Waals surface area (Å²) in [6, 6.07) is 0. The Labute approximate surface area is 113 Å². The largest absolute Gasteiger partial charge is 0.466 e. The van der Waals surface area contributed by atoms with Gasteiger partial charge < -0.3 is 23.7 Å². The van der Waals surface area contributed by atoms with Gasteiger partial charge >= 0.3 is 5.97 Å². The van der Waals surface area contributed by atoms with Gasteiger partial charge in [0.25, 0.3) is 0 Å². The molecule has 0 aliphatic carbocycles.